The van der Waals surface area contributed by atoms with E-state index in [1.807, 2.05) is 41.3 Å². The molecular weight excluding hydrogens is 378 g/mol. The van der Waals surface area contributed by atoms with Gasteiger partial charge in [-0.2, -0.15) is 0 Å². The molecule has 1 amide bonds. The lowest BCUT2D eigenvalue weighted by Crippen LogP contribution is -2.55. The SMILES string of the molecule is CN1CCCC(N2CCN(C(=O)c3ccc(-c4ccc(Cl)cc4)s3)CC2)C1. The second-order valence-corrected chi connectivity index (χ2v) is 9.08. The summed E-state index contributed by atoms with van der Waals surface area (Å²) in [5.74, 6) is 0.167. The Morgan fingerprint density at radius 3 is 2.48 bits per heavy atom. The first-order valence-electron chi connectivity index (χ1n) is 9.68. The lowest BCUT2D eigenvalue weighted by atomic mass is 10.0. The molecular formula is C21H26ClN3OS. The van der Waals surface area contributed by atoms with E-state index in [-0.39, 0.29) is 5.91 Å². The monoisotopic (exact) mass is 403 g/mol. The summed E-state index contributed by atoms with van der Waals surface area (Å²) in [6.07, 6.45) is 2.57. The fourth-order valence-electron chi connectivity index (χ4n) is 4.11. The second-order valence-electron chi connectivity index (χ2n) is 7.56. The number of rotatable bonds is 3. The van der Waals surface area contributed by atoms with E-state index in [1.54, 1.807) is 11.3 Å². The van der Waals surface area contributed by atoms with E-state index in [9.17, 15) is 4.79 Å². The van der Waals surface area contributed by atoms with Gasteiger partial charge >= 0.3 is 0 Å². The van der Waals surface area contributed by atoms with Crippen LogP contribution in [0, 0.1) is 0 Å². The highest BCUT2D eigenvalue weighted by Crippen LogP contribution is 2.30. The zero-order chi connectivity index (χ0) is 18.8. The van der Waals surface area contributed by atoms with Gasteiger partial charge in [-0.25, -0.2) is 0 Å². The molecule has 2 aromatic rings. The third kappa shape index (κ3) is 4.37. The van der Waals surface area contributed by atoms with E-state index < -0.39 is 0 Å². The molecule has 1 aromatic carbocycles. The molecule has 0 radical (unpaired) electrons. The van der Waals surface area contributed by atoms with Gasteiger partial charge in [0.15, 0.2) is 0 Å². The fourth-order valence-corrected chi connectivity index (χ4v) is 5.21. The number of benzene rings is 1. The number of piperazine rings is 1. The topological polar surface area (TPSA) is 26.8 Å². The molecule has 1 unspecified atom stereocenters. The van der Waals surface area contributed by atoms with Crippen LogP contribution in [-0.2, 0) is 0 Å². The van der Waals surface area contributed by atoms with Gasteiger partial charge in [0.05, 0.1) is 4.88 Å². The molecule has 3 heterocycles. The van der Waals surface area contributed by atoms with Gasteiger partial charge in [-0.3, -0.25) is 9.69 Å². The largest absolute Gasteiger partial charge is 0.335 e. The summed E-state index contributed by atoms with van der Waals surface area (Å²) in [6, 6.07) is 12.4. The fraction of sp³-hybridized carbons (Fsp3) is 0.476. The van der Waals surface area contributed by atoms with Crippen LogP contribution in [0.25, 0.3) is 10.4 Å². The Morgan fingerprint density at radius 2 is 1.78 bits per heavy atom. The minimum Gasteiger partial charge on any atom is -0.335 e. The van der Waals surface area contributed by atoms with Gasteiger partial charge in [0.2, 0.25) is 0 Å². The van der Waals surface area contributed by atoms with Gasteiger partial charge in [-0.1, -0.05) is 23.7 Å². The Morgan fingerprint density at radius 1 is 1.04 bits per heavy atom. The third-order valence-electron chi connectivity index (χ3n) is 5.66. The van der Waals surface area contributed by atoms with Crippen LogP contribution in [0.2, 0.25) is 5.02 Å². The number of thiophene rings is 1. The van der Waals surface area contributed by atoms with E-state index in [4.69, 9.17) is 11.6 Å². The average Bonchev–Trinajstić information content (AvgIpc) is 3.18. The van der Waals surface area contributed by atoms with Crippen molar-refractivity contribution in [2.45, 2.75) is 18.9 Å². The van der Waals surface area contributed by atoms with Crippen molar-refractivity contribution < 1.29 is 4.79 Å². The standard InChI is InChI=1S/C21H26ClN3OS/c1-23-10-2-3-18(15-23)24-11-13-25(14-12-24)21(26)20-9-8-19(27-20)16-4-6-17(22)7-5-16/h4-9,18H,2-3,10-15H2,1H3. The molecule has 2 fully saturated rings. The Labute approximate surface area is 170 Å². The summed E-state index contributed by atoms with van der Waals surface area (Å²) in [7, 11) is 2.21. The lowest BCUT2D eigenvalue weighted by molar-refractivity contribution is 0.0455. The molecule has 0 saturated carbocycles. The van der Waals surface area contributed by atoms with Crippen molar-refractivity contribution in [1.82, 2.24) is 14.7 Å². The maximum atomic E-state index is 12.9. The molecule has 4 nitrogen and oxygen atoms in total. The number of likely N-dealkylation sites (N-methyl/N-ethyl adjacent to an activating group) is 1. The van der Waals surface area contributed by atoms with Crippen LogP contribution >= 0.6 is 22.9 Å². The summed E-state index contributed by atoms with van der Waals surface area (Å²) in [4.78, 5) is 21.9. The van der Waals surface area contributed by atoms with Crippen LogP contribution in [-0.4, -0.2) is 73.0 Å². The summed E-state index contributed by atoms with van der Waals surface area (Å²) < 4.78 is 0. The average molecular weight is 404 g/mol. The van der Waals surface area contributed by atoms with Gasteiger partial charge in [-0.05, 0) is 56.3 Å². The normalized spacial score (nSPS) is 22.1. The quantitative estimate of drug-likeness (QED) is 0.777. The van der Waals surface area contributed by atoms with E-state index in [1.165, 1.54) is 19.4 Å². The highest BCUT2D eigenvalue weighted by atomic mass is 35.5. The number of amides is 1. The van der Waals surface area contributed by atoms with Crippen LogP contribution in [0.5, 0.6) is 0 Å². The van der Waals surface area contributed by atoms with Gasteiger partial charge in [-0.15, -0.1) is 11.3 Å². The summed E-state index contributed by atoms with van der Waals surface area (Å²) >= 11 is 7.54. The highest BCUT2D eigenvalue weighted by Gasteiger charge is 2.29. The Kier molecular flexibility index (Phi) is 5.83. The molecule has 4 rings (SSSR count). The summed E-state index contributed by atoms with van der Waals surface area (Å²) in [5.41, 5.74) is 1.11. The van der Waals surface area contributed by atoms with Crippen LogP contribution < -0.4 is 0 Å². The van der Waals surface area contributed by atoms with Crippen molar-refractivity contribution in [3.05, 3.63) is 46.3 Å². The van der Waals surface area contributed by atoms with E-state index in [0.29, 0.717) is 6.04 Å². The van der Waals surface area contributed by atoms with Crippen LogP contribution in [0.4, 0.5) is 0 Å². The number of hydrogen-bond donors (Lipinski definition) is 0. The highest BCUT2D eigenvalue weighted by molar-refractivity contribution is 7.17. The molecule has 0 aliphatic carbocycles. The number of hydrogen-bond acceptors (Lipinski definition) is 4. The number of nitrogens with zero attached hydrogens (tertiary/aromatic N) is 3. The predicted octanol–water partition coefficient (Wildman–Crippen LogP) is 3.92. The number of halogens is 1. The number of carbonyl (C=O) groups excluding carboxylic acids is 1. The number of piperidine rings is 1. The number of likely N-dealkylation sites (tertiary alicyclic amines) is 1. The second kappa shape index (κ2) is 8.31. The molecule has 1 atom stereocenters. The first-order chi connectivity index (χ1) is 13.1. The molecule has 0 spiro atoms. The molecule has 2 aliphatic heterocycles. The van der Waals surface area contributed by atoms with Crippen LogP contribution in [0.15, 0.2) is 36.4 Å². The smallest absolute Gasteiger partial charge is 0.264 e. The Balaban J connectivity index is 1.36. The van der Waals surface area contributed by atoms with Crippen molar-refractivity contribution in [3.8, 4) is 10.4 Å². The summed E-state index contributed by atoms with van der Waals surface area (Å²) in [6.45, 7) is 5.99. The first-order valence-corrected chi connectivity index (χ1v) is 10.9. The molecule has 0 N–H and O–H groups in total. The molecule has 2 saturated heterocycles. The van der Waals surface area contributed by atoms with Gasteiger partial charge in [0.1, 0.15) is 0 Å². The first kappa shape index (κ1) is 18.9. The Hall–Kier alpha value is -1.40. The maximum absolute atomic E-state index is 12.9. The zero-order valence-corrected chi connectivity index (χ0v) is 17.3. The van der Waals surface area contributed by atoms with E-state index >= 15 is 0 Å². The van der Waals surface area contributed by atoms with Crippen molar-refractivity contribution in [3.63, 3.8) is 0 Å². The molecule has 2 aliphatic rings. The van der Waals surface area contributed by atoms with Crippen LogP contribution in [0.3, 0.4) is 0 Å². The maximum Gasteiger partial charge on any atom is 0.264 e. The zero-order valence-electron chi connectivity index (χ0n) is 15.7. The van der Waals surface area contributed by atoms with Gasteiger partial charge in [0, 0.05) is 48.7 Å². The lowest BCUT2D eigenvalue weighted by Gasteiger charge is -2.42. The molecule has 1 aromatic heterocycles. The molecule has 144 valence electrons. The molecule has 6 heteroatoms. The van der Waals surface area contributed by atoms with Crippen molar-refractivity contribution in [2.75, 3.05) is 46.3 Å². The minimum atomic E-state index is 0.167. The minimum absolute atomic E-state index is 0.167. The third-order valence-corrected chi connectivity index (χ3v) is 7.04. The Bertz CT molecular complexity index is 783. The van der Waals surface area contributed by atoms with Crippen LogP contribution in [0.1, 0.15) is 22.5 Å². The van der Waals surface area contributed by atoms with E-state index in [2.05, 4.69) is 16.8 Å². The predicted molar refractivity (Wildman–Crippen MR) is 113 cm³/mol. The number of carbonyl (C=O) groups is 1. The molecule has 27 heavy (non-hydrogen) atoms. The van der Waals surface area contributed by atoms with E-state index in [0.717, 1.165) is 53.1 Å². The van der Waals surface area contributed by atoms with Crippen molar-refractivity contribution >= 4 is 28.8 Å². The van der Waals surface area contributed by atoms with Gasteiger partial charge < -0.3 is 9.80 Å². The van der Waals surface area contributed by atoms with Crippen molar-refractivity contribution in [2.24, 2.45) is 0 Å². The van der Waals surface area contributed by atoms with Gasteiger partial charge in [0.25, 0.3) is 5.91 Å². The van der Waals surface area contributed by atoms with Crippen molar-refractivity contribution in [1.29, 1.82) is 0 Å². The summed E-state index contributed by atoms with van der Waals surface area (Å²) in [5, 5.41) is 0.730. The molecule has 0 bridgehead atoms.